The molecule has 3 aromatic rings. The van der Waals surface area contributed by atoms with E-state index in [4.69, 9.17) is 5.73 Å². The first-order valence-electron chi connectivity index (χ1n) is 7.65. The quantitative estimate of drug-likeness (QED) is 0.575. The third-order valence-electron chi connectivity index (χ3n) is 4.61. The lowest BCUT2D eigenvalue weighted by Gasteiger charge is -2.27. The summed E-state index contributed by atoms with van der Waals surface area (Å²) in [5, 5.41) is 0. The maximum absolute atomic E-state index is 12.4. The molecule has 1 atom stereocenters. The van der Waals surface area contributed by atoms with E-state index in [1.54, 1.807) is 7.05 Å². The van der Waals surface area contributed by atoms with Crippen molar-refractivity contribution in [2.75, 3.05) is 5.73 Å². The molecule has 0 saturated carbocycles. The maximum atomic E-state index is 12.4. The van der Waals surface area contributed by atoms with Gasteiger partial charge in [-0.3, -0.25) is 13.9 Å². The third-order valence-corrected chi connectivity index (χ3v) is 5.67. The van der Waals surface area contributed by atoms with E-state index in [9.17, 15) is 4.79 Å². The van der Waals surface area contributed by atoms with Gasteiger partial charge in [0, 0.05) is 11.5 Å². The highest BCUT2D eigenvalue weighted by molar-refractivity contribution is 9.10. The Morgan fingerprint density at radius 3 is 2.88 bits per heavy atom. The summed E-state index contributed by atoms with van der Waals surface area (Å²) >= 11 is 7.05. The molecule has 8 heteroatoms. The molecular formula is C16H15Br2N5O. The largest absolute Gasteiger partial charge is 0.369 e. The molecule has 0 aliphatic heterocycles. The van der Waals surface area contributed by atoms with Crippen LogP contribution in [0.3, 0.4) is 0 Å². The summed E-state index contributed by atoms with van der Waals surface area (Å²) in [5.41, 5.74) is 9.08. The van der Waals surface area contributed by atoms with Crippen molar-refractivity contribution in [3.63, 3.8) is 0 Å². The maximum Gasteiger partial charge on any atom is 0.282 e. The van der Waals surface area contributed by atoms with Crippen molar-refractivity contribution in [2.45, 2.75) is 25.3 Å². The van der Waals surface area contributed by atoms with Gasteiger partial charge in [0.25, 0.3) is 5.56 Å². The number of fused-ring (bicyclic) bond motifs is 2. The van der Waals surface area contributed by atoms with Crippen LogP contribution in [-0.4, -0.2) is 19.1 Å². The van der Waals surface area contributed by atoms with Gasteiger partial charge in [-0.15, -0.1) is 0 Å². The molecule has 0 saturated heterocycles. The number of benzene rings is 1. The molecule has 1 aromatic carbocycles. The number of aryl methyl sites for hydroxylation is 1. The van der Waals surface area contributed by atoms with Crippen LogP contribution in [0.25, 0.3) is 11.2 Å². The van der Waals surface area contributed by atoms with E-state index in [0.29, 0.717) is 15.9 Å². The molecule has 1 aliphatic carbocycles. The second-order valence-corrected chi connectivity index (χ2v) is 7.63. The highest BCUT2D eigenvalue weighted by Gasteiger charge is 2.27. The molecule has 4 rings (SSSR count). The van der Waals surface area contributed by atoms with Crippen LogP contribution in [0.1, 0.15) is 30.0 Å². The number of nitrogens with two attached hydrogens (primary N) is 1. The zero-order valence-electron chi connectivity index (χ0n) is 13.0. The number of nitrogens with zero attached hydrogens (tertiary/aromatic N) is 4. The van der Waals surface area contributed by atoms with Crippen molar-refractivity contribution in [3.05, 3.63) is 48.9 Å². The average Bonchev–Trinajstić information content (AvgIpc) is 2.88. The number of imidazole rings is 1. The normalized spacial score (nSPS) is 17.2. The number of rotatable bonds is 1. The fourth-order valence-corrected chi connectivity index (χ4v) is 4.40. The molecule has 0 amide bonds. The SMILES string of the molecule is Cn1c(N)nc2c(nc(Br)n2C2CCCc3cc(Br)ccc32)c1=O. The van der Waals surface area contributed by atoms with Crippen molar-refractivity contribution < 1.29 is 0 Å². The second-order valence-electron chi connectivity index (χ2n) is 6.01. The summed E-state index contributed by atoms with van der Waals surface area (Å²) in [5.74, 6) is 0.188. The van der Waals surface area contributed by atoms with Crippen LogP contribution < -0.4 is 11.3 Å². The van der Waals surface area contributed by atoms with Crippen LogP contribution >= 0.6 is 31.9 Å². The van der Waals surface area contributed by atoms with E-state index >= 15 is 0 Å². The molecule has 0 spiro atoms. The van der Waals surface area contributed by atoms with Crippen LogP contribution in [0.5, 0.6) is 0 Å². The summed E-state index contributed by atoms with van der Waals surface area (Å²) in [7, 11) is 1.60. The van der Waals surface area contributed by atoms with Crippen LogP contribution in [0.4, 0.5) is 5.95 Å². The third kappa shape index (κ3) is 2.31. The zero-order valence-corrected chi connectivity index (χ0v) is 16.1. The fraction of sp³-hybridized carbons (Fsp3) is 0.312. The molecule has 0 bridgehead atoms. The highest BCUT2D eigenvalue weighted by Crippen LogP contribution is 2.37. The Balaban J connectivity index is 1.99. The highest BCUT2D eigenvalue weighted by atomic mass is 79.9. The minimum absolute atomic E-state index is 0.0835. The number of anilines is 1. The molecule has 2 aromatic heterocycles. The Morgan fingerprint density at radius 1 is 1.29 bits per heavy atom. The van der Waals surface area contributed by atoms with Gasteiger partial charge >= 0.3 is 0 Å². The number of hydrogen-bond donors (Lipinski definition) is 1. The molecule has 24 heavy (non-hydrogen) atoms. The monoisotopic (exact) mass is 451 g/mol. The van der Waals surface area contributed by atoms with Crippen LogP contribution in [0.2, 0.25) is 0 Å². The summed E-state index contributed by atoms with van der Waals surface area (Å²) in [6.07, 6.45) is 3.09. The van der Waals surface area contributed by atoms with Gasteiger partial charge in [-0.1, -0.05) is 22.0 Å². The van der Waals surface area contributed by atoms with Crippen LogP contribution in [0.15, 0.2) is 32.2 Å². The van der Waals surface area contributed by atoms with Gasteiger partial charge in [0.1, 0.15) is 0 Å². The van der Waals surface area contributed by atoms with E-state index in [1.807, 2.05) is 10.6 Å². The molecule has 6 nitrogen and oxygen atoms in total. The molecule has 0 radical (unpaired) electrons. The topological polar surface area (TPSA) is 78.7 Å². The first-order chi connectivity index (χ1) is 11.5. The van der Waals surface area contributed by atoms with Gasteiger partial charge in [-0.05, 0) is 58.5 Å². The van der Waals surface area contributed by atoms with Gasteiger partial charge in [0.2, 0.25) is 5.95 Å². The zero-order chi connectivity index (χ0) is 17.0. The van der Waals surface area contributed by atoms with Gasteiger partial charge in [0.15, 0.2) is 15.9 Å². The fourth-order valence-electron chi connectivity index (χ4n) is 3.40. The molecular weight excluding hydrogens is 438 g/mol. The number of nitrogen functional groups attached to an aromatic ring is 1. The molecule has 1 unspecified atom stereocenters. The van der Waals surface area contributed by atoms with E-state index in [-0.39, 0.29) is 17.5 Å². The molecule has 2 heterocycles. The van der Waals surface area contributed by atoms with Gasteiger partial charge in [-0.25, -0.2) is 4.98 Å². The van der Waals surface area contributed by atoms with E-state index in [1.165, 1.54) is 15.7 Å². The number of aromatic nitrogens is 4. The predicted octanol–water partition coefficient (Wildman–Crippen LogP) is 3.16. The Hall–Kier alpha value is -1.67. The van der Waals surface area contributed by atoms with E-state index in [2.05, 4.69) is 54.0 Å². The lowest BCUT2D eigenvalue weighted by Crippen LogP contribution is -2.23. The lowest BCUT2D eigenvalue weighted by atomic mass is 9.87. The van der Waals surface area contributed by atoms with Crippen molar-refractivity contribution >= 4 is 49.0 Å². The van der Waals surface area contributed by atoms with Crippen molar-refractivity contribution in [3.8, 4) is 0 Å². The molecule has 0 fully saturated rings. The van der Waals surface area contributed by atoms with Gasteiger partial charge in [0.05, 0.1) is 6.04 Å². The summed E-state index contributed by atoms with van der Waals surface area (Å²) in [6, 6.07) is 6.42. The minimum Gasteiger partial charge on any atom is -0.369 e. The standard InChI is InChI=1S/C16H15Br2N5O/c1-22-14(24)12-13(21-16(22)19)23(15(18)20-12)11-4-2-3-8-7-9(17)5-6-10(8)11/h5-7,11H,2-4H2,1H3,(H2,19,21). The van der Waals surface area contributed by atoms with Gasteiger partial charge in [-0.2, -0.15) is 4.98 Å². The summed E-state index contributed by atoms with van der Waals surface area (Å²) in [6.45, 7) is 0. The molecule has 124 valence electrons. The molecule has 1 aliphatic rings. The average molecular weight is 453 g/mol. The first kappa shape index (κ1) is 15.8. The van der Waals surface area contributed by atoms with Crippen LogP contribution in [-0.2, 0) is 13.5 Å². The first-order valence-corrected chi connectivity index (χ1v) is 9.24. The summed E-state index contributed by atoms with van der Waals surface area (Å²) < 4.78 is 4.98. The second kappa shape index (κ2) is 5.70. The van der Waals surface area contributed by atoms with E-state index < -0.39 is 0 Å². The number of halogens is 2. The van der Waals surface area contributed by atoms with Gasteiger partial charge < -0.3 is 5.73 Å². The summed E-state index contributed by atoms with van der Waals surface area (Å²) in [4.78, 5) is 21.3. The Bertz CT molecular complexity index is 1020. The van der Waals surface area contributed by atoms with Crippen molar-refractivity contribution in [1.29, 1.82) is 0 Å². The Kier molecular flexibility index (Phi) is 3.76. The molecule has 2 N–H and O–H groups in total. The van der Waals surface area contributed by atoms with Crippen molar-refractivity contribution in [1.82, 2.24) is 19.1 Å². The lowest BCUT2D eigenvalue weighted by molar-refractivity contribution is 0.490. The van der Waals surface area contributed by atoms with Crippen molar-refractivity contribution in [2.24, 2.45) is 7.05 Å². The predicted molar refractivity (Wildman–Crippen MR) is 100 cm³/mol. The smallest absolute Gasteiger partial charge is 0.282 e. The minimum atomic E-state index is -0.233. The van der Waals surface area contributed by atoms with Crippen LogP contribution in [0, 0.1) is 0 Å². The van der Waals surface area contributed by atoms with E-state index in [0.717, 1.165) is 23.7 Å². The Labute approximate surface area is 155 Å². The number of hydrogen-bond acceptors (Lipinski definition) is 4. The Morgan fingerprint density at radius 2 is 2.08 bits per heavy atom.